The zero-order valence-electron chi connectivity index (χ0n) is 13.4. The fourth-order valence-electron chi connectivity index (χ4n) is 3.38. The normalized spacial score (nSPS) is 26.3. The van der Waals surface area contributed by atoms with E-state index >= 15 is 0 Å². The van der Waals surface area contributed by atoms with Crippen LogP contribution in [0.4, 0.5) is 8.78 Å². The van der Waals surface area contributed by atoms with Gasteiger partial charge in [0.2, 0.25) is 0 Å². The van der Waals surface area contributed by atoms with E-state index in [2.05, 4.69) is 26.1 Å². The Kier molecular flexibility index (Phi) is 5.37. The molecule has 1 N–H and O–H groups in total. The summed E-state index contributed by atoms with van der Waals surface area (Å²) in [6, 6.07) is 4.07. The van der Waals surface area contributed by atoms with Crippen molar-refractivity contribution in [3.63, 3.8) is 0 Å². The Hall–Kier alpha value is -0.960. The van der Waals surface area contributed by atoms with Gasteiger partial charge in [-0.25, -0.2) is 8.78 Å². The molecule has 0 heterocycles. The van der Waals surface area contributed by atoms with E-state index in [0.29, 0.717) is 17.4 Å². The molecule has 0 bridgehead atoms. The van der Waals surface area contributed by atoms with Crippen LogP contribution in [0.25, 0.3) is 0 Å². The topological polar surface area (TPSA) is 12.0 Å². The minimum Gasteiger partial charge on any atom is -0.316 e. The third-order valence-corrected chi connectivity index (χ3v) is 4.75. The lowest BCUT2D eigenvalue weighted by Gasteiger charge is -2.40. The Morgan fingerprint density at radius 2 is 1.90 bits per heavy atom. The van der Waals surface area contributed by atoms with Crippen molar-refractivity contribution in [2.45, 2.75) is 51.9 Å². The second-order valence-electron chi connectivity index (χ2n) is 7.11. The summed E-state index contributed by atoms with van der Waals surface area (Å²) < 4.78 is 27.5. The van der Waals surface area contributed by atoms with Crippen LogP contribution in [0.3, 0.4) is 0 Å². The Morgan fingerprint density at radius 1 is 1.24 bits per heavy atom. The number of nitrogens with one attached hydrogen (secondary N) is 1. The average molecular weight is 295 g/mol. The lowest BCUT2D eigenvalue weighted by molar-refractivity contribution is 0.226. The summed E-state index contributed by atoms with van der Waals surface area (Å²) in [5.41, 5.74) is 0.506. The van der Waals surface area contributed by atoms with Gasteiger partial charge in [0.1, 0.15) is 11.6 Å². The standard InChI is InChI=1S/C18H27F2N/c1-13(2)11-21-12-18(8-6-14(3)7-9-18)16-5-4-15(19)10-17(16)20/h4-5,10,13-14,21H,6-9,11-12H2,1-3H3. The molecule has 1 aliphatic rings. The molecule has 1 fully saturated rings. The quantitative estimate of drug-likeness (QED) is 0.833. The van der Waals surface area contributed by atoms with Gasteiger partial charge in [0, 0.05) is 18.0 Å². The van der Waals surface area contributed by atoms with Gasteiger partial charge in [-0.1, -0.05) is 26.8 Å². The van der Waals surface area contributed by atoms with Crippen LogP contribution in [0.1, 0.15) is 52.0 Å². The maximum atomic E-state index is 14.3. The molecule has 1 aromatic rings. The predicted octanol–water partition coefficient (Wildman–Crippen LogP) is 4.66. The van der Waals surface area contributed by atoms with Crippen molar-refractivity contribution in [3.8, 4) is 0 Å². The SMILES string of the molecule is CC(C)CNCC1(c2ccc(F)cc2F)CCC(C)CC1. The van der Waals surface area contributed by atoms with Gasteiger partial charge in [-0.2, -0.15) is 0 Å². The maximum Gasteiger partial charge on any atom is 0.129 e. The lowest BCUT2D eigenvalue weighted by atomic mass is 9.66. The van der Waals surface area contributed by atoms with Gasteiger partial charge in [-0.05, 0) is 55.7 Å². The molecule has 0 radical (unpaired) electrons. The monoisotopic (exact) mass is 295 g/mol. The van der Waals surface area contributed by atoms with Crippen LogP contribution in [0, 0.1) is 23.5 Å². The fraction of sp³-hybridized carbons (Fsp3) is 0.667. The molecule has 1 nitrogen and oxygen atoms in total. The molecule has 3 heteroatoms. The zero-order valence-corrected chi connectivity index (χ0v) is 13.4. The van der Waals surface area contributed by atoms with E-state index in [1.807, 2.05) is 0 Å². The molecule has 0 spiro atoms. The summed E-state index contributed by atoms with van der Waals surface area (Å²) in [5.74, 6) is 0.385. The smallest absolute Gasteiger partial charge is 0.129 e. The highest BCUT2D eigenvalue weighted by atomic mass is 19.1. The molecule has 0 aliphatic heterocycles. The number of rotatable bonds is 5. The molecule has 0 atom stereocenters. The number of hydrogen-bond donors (Lipinski definition) is 1. The molecule has 0 amide bonds. The van der Waals surface area contributed by atoms with Gasteiger partial charge in [0.05, 0.1) is 0 Å². The summed E-state index contributed by atoms with van der Waals surface area (Å²) in [6.07, 6.45) is 4.17. The van der Waals surface area contributed by atoms with Crippen molar-refractivity contribution in [1.82, 2.24) is 5.32 Å². The molecule has 0 aromatic heterocycles. The largest absolute Gasteiger partial charge is 0.316 e. The summed E-state index contributed by atoms with van der Waals surface area (Å²) in [6.45, 7) is 8.30. The van der Waals surface area contributed by atoms with Gasteiger partial charge < -0.3 is 5.32 Å². The Bertz CT molecular complexity index is 462. The van der Waals surface area contributed by atoms with Crippen molar-refractivity contribution >= 4 is 0 Å². The minimum atomic E-state index is -0.495. The average Bonchev–Trinajstić information content (AvgIpc) is 2.41. The molecule has 1 aromatic carbocycles. The van der Waals surface area contributed by atoms with Gasteiger partial charge in [-0.15, -0.1) is 0 Å². The van der Waals surface area contributed by atoms with Crippen LogP contribution in [0.2, 0.25) is 0 Å². The van der Waals surface area contributed by atoms with Gasteiger partial charge in [0.15, 0.2) is 0 Å². The molecule has 118 valence electrons. The van der Waals surface area contributed by atoms with Crippen LogP contribution in [-0.2, 0) is 5.41 Å². The molecule has 0 unspecified atom stereocenters. The summed E-state index contributed by atoms with van der Waals surface area (Å²) in [4.78, 5) is 0. The first-order valence-corrected chi connectivity index (χ1v) is 8.09. The Balaban J connectivity index is 2.22. The van der Waals surface area contributed by atoms with Crippen LogP contribution < -0.4 is 5.32 Å². The maximum absolute atomic E-state index is 14.3. The Labute approximate surface area is 127 Å². The molecule has 21 heavy (non-hydrogen) atoms. The second-order valence-corrected chi connectivity index (χ2v) is 7.11. The number of hydrogen-bond acceptors (Lipinski definition) is 1. The molecular weight excluding hydrogens is 268 g/mol. The van der Waals surface area contributed by atoms with Crippen LogP contribution in [0.5, 0.6) is 0 Å². The van der Waals surface area contributed by atoms with Crippen molar-refractivity contribution in [2.75, 3.05) is 13.1 Å². The number of halogens is 2. The lowest BCUT2D eigenvalue weighted by Crippen LogP contribution is -2.42. The van der Waals surface area contributed by atoms with E-state index in [0.717, 1.165) is 44.8 Å². The highest BCUT2D eigenvalue weighted by Crippen LogP contribution is 2.42. The molecular formula is C18H27F2N. The van der Waals surface area contributed by atoms with E-state index in [4.69, 9.17) is 0 Å². The first kappa shape index (κ1) is 16.4. The number of benzene rings is 1. The van der Waals surface area contributed by atoms with Gasteiger partial charge >= 0.3 is 0 Å². The van der Waals surface area contributed by atoms with Crippen molar-refractivity contribution in [2.24, 2.45) is 11.8 Å². The minimum absolute atomic E-state index is 0.181. The second kappa shape index (κ2) is 6.87. The van der Waals surface area contributed by atoms with E-state index in [9.17, 15) is 8.78 Å². The summed E-state index contributed by atoms with van der Waals surface area (Å²) in [7, 11) is 0. The van der Waals surface area contributed by atoms with Crippen molar-refractivity contribution in [3.05, 3.63) is 35.4 Å². The van der Waals surface area contributed by atoms with E-state index in [-0.39, 0.29) is 5.41 Å². The van der Waals surface area contributed by atoms with Crippen LogP contribution >= 0.6 is 0 Å². The third-order valence-electron chi connectivity index (χ3n) is 4.75. The van der Waals surface area contributed by atoms with Crippen LogP contribution in [0.15, 0.2) is 18.2 Å². The van der Waals surface area contributed by atoms with Gasteiger partial charge in [0.25, 0.3) is 0 Å². The molecule has 2 rings (SSSR count). The van der Waals surface area contributed by atoms with E-state index in [1.54, 1.807) is 6.07 Å². The van der Waals surface area contributed by atoms with Crippen molar-refractivity contribution < 1.29 is 8.78 Å². The van der Waals surface area contributed by atoms with Crippen LogP contribution in [-0.4, -0.2) is 13.1 Å². The highest BCUT2D eigenvalue weighted by Gasteiger charge is 2.37. The highest BCUT2D eigenvalue weighted by molar-refractivity contribution is 5.29. The Morgan fingerprint density at radius 3 is 2.48 bits per heavy atom. The van der Waals surface area contributed by atoms with Gasteiger partial charge in [-0.3, -0.25) is 0 Å². The van der Waals surface area contributed by atoms with Crippen molar-refractivity contribution in [1.29, 1.82) is 0 Å². The molecule has 0 saturated heterocycles. The predicted molar refractivity (Wildman–Crippen MR) is 83.4 cm³/mol. The zero-order chi connectivity index (χ0) is 15.5. The first-order valence-electron chi connectivity index (χ1n) is 8.09. The third kappa shape index (κ3) is 4.03. The fourth-order valence-corrected chi connectivity index (χ4v) is 3.38. The molecule has 1 saturated carbocycles. The molecule has 1 aliphatic carbocycles. The van der Waals surface area contributed by atoms with E-state index < -0.39 is 11.6 Å². The summed E-state index contributed by atoms with van der Waals surface area (Å²) >= 11 is 0. The summed E-state index contributed by atoms with van der Waals surface area (Å²) in [5, 5.41) is 3.49. The first-order chi connectivity index (χ1) is 9.93. The van der Waals surface area contributed by atoms with E-state index in [1.165, 1.54) is 6.07 Å².